The number of nitrogens with one attached hydrogen (secondary N) is 1. The van der Waals surface area contributed by atoms with Crippen LogP contribution in [-0.2, 0) is 19.6 Å². The minimum Gasteiger partial charge on any atom is -0.370 e. The lowest BCUT2D eigenvalue weighted by Gasteiger charge is -2.37. The van der Waals surface area contributed by atoms with E-state index in [1.807, 2.05) is 19.1 Å². The first-order valence-electron chi connectivity index (χ1n) is 12.9. The maximum absolute atomic E-state index is 12.6. The molecule has 1 unspecified atom stereocenters. The number of carbonyl (C=O) groups is 1. The molecule has 204 valence electrons. The van der Waals surface area contributed by atoms with Crippen molar-refractivity contribution in [3.63, 3.8) is 0 Å². The number of amides is 1. The first-order valence-corrected chi connectivity index (χ1v) is 14.7. The Morgan fingerprint density at radius 3 is 2.24 bits per heavy atom. The van der Waals surface area contributed by atoms with Gasteiger partial charge in [0.05, 0.1) is 11.5 Å². The summed E-state index contributed by atoms with van der Waals surface area (Å²) in [5.41, 5.74) is 2.29. The quantitative estimate of drug-likeness (QED) is 0.394. The van der Waals surface area contributed by atoms with E-state index < -0.39 is 10.0 Å². The Balaban J connectivity index is 1.35. The Morgan fingerprint density at radius 2 is 1.65 bits per heavy atom. The molecule has 37 heavy (non-hydrogen) atoms. The van der Waals surface area contributed by atoms with Crippen molar-refractivity contribution in [1.29, 1.82) is 0 Å². The summed E-state index contributed by atoms with van der Waals surface area (Å²) in [4.78, 5) is 14.8. The van der Waals surface area contributed by atoms with Crippen LogP contribution in [0.15, 0.2) is 53.4 Å². The summed E-state index contributed by atoms with van der Waals surface area (Å²) in [5.74, 6) is 0.858. The van der Waals surface area contributed by atoms with E-state index in [9.17, 15) is 13.2 Å². The molecule has 7 nitrogen and oxygen atoms in total. The molecule has 9 heteroatoms. The van der Waals surface area contributed by atoms with Gasteiger partial charge in [-0.1, -0.05) is 41.4 Å². The Kier molecular flexibility index (Phi) is 11.0. The summed E-state index contributed by atoms with van der Waals surface area (Å²) in [5, 5.41) is 3.74. The van der Waals surface area contributed by atoms with Crippen LogP contribution in [-0.4, -0.2) is 71.0 Å². The van der Waals surface area contributed by atoms with Gasteiger partial charge >= 0.3 is 0 Å². The van der Waals surface area contributed by atoms with Crippen molar-refractivity contribution in [1.82, 2.24) is 14.5 Å². The number of nitrogens with zero attached hydrogens (tertiary/aromatic N) is 2. The maximum Gasteiger partial charge on any atom is 0.246 e. The number of hydrogen-bond donors (Lipinski definition) is 1. The number of carbonyl (C=O) groups excluding carboxylic acids is 1. The highest BCUT2D eigenvalue weighted by Crippen LogP contribution is 2.39. The molecule has 1 amide bonds. The van der Waals surface area contributed by atoms with Crippen LogP contribution in [0.4, 0.5) is 0 Å². The molecule has 1 aliphatic rings. The average Bonchev–Trinajstić information content (AvgIpc) is 2.87. The molecule has 1 aliphatic carbocycles. The number of aryl methyl sites for hydroxylation is 1. The van der Waals surface area contributed by atoms with Gasteiger partial charge in [0.25, 0.3) is 0 Å². The lowest BCUT2D eigenvalue weighted by Crippen LogP contribution is -2.36. The van der Waals surface area contributed by atoms with Gasteiger partial charge in [-0.15, -0.1) is 0 Å². The predicted octanol–water partition coefficient (Wildman–Crippen LogP) is 4.51. The minimum atomic E-state index is -3.57. The van der Waals surface area contributed by atoms with E-state index in [0.717, 1.165) is 36.3 Å². The van der Waals surface area contributed by atoms with Crippen LogP contribution in [0.2, 0.25) is 5.02 Å². The molecule has 1 fully saturated rings. The van der Waals surface area contributed by atoms with Crippen LogP contribution in [0.1, 0.15) is 42.9 Å². The van der Waals surface area contributed by atoms with Crippen molar-refractivity contribution in [2.45, 2.75) is 43.5 Å². The summed E-state index contributed by atoms with van der Waals surface area (Å²) >= 11 is 6.08. The van der Waals surface area contributed by atoms with Crippen molar-refractivity contribution in [2.75, 3.05) is 47.4 Å². The van der Waals surface area contributed by atoms with Crippen molar-refractivity contribution in [2.24, 2.45) is 11.8 Å². The van der Waals surface area contributed by atoms with Gasteiger partial charge in [0.15, 0.2) is 0 Å². The number of ether oxygens (including phenoxy) is 1. The number of rotatable bonds is 12. The van der Waals surface area contributed by atoms with E-state index in [-0.39, 0.29) is 30.6 Å². The summed E-state index contributed by atoms with van der Waals surface area (Å²) in [6, 6.07) is 15.2. The fourth-order valence-corrected chi connectivity index (χ4v) is 6.32. The van der Waals surface area contributed by atoms with E-state index >= 15 is 0 Å². The molecule has 0 spiro atoms. The SMILES string of the molecule is Cc1ccc(S(=O)(=O)N(C)CCOCC(=O)NCC2CCC(C(c3ccc(Cl)cc3)N(C)C)CC2)cc1. The normalized spacial score (nSPS) is 19.2. The second-order valence-electron chi connectivity index (χ2n) is 10.2. The van der Waals surface area contributed by atoms with Gasteiger partial charge in [-0.25, -0.2) is 8.42 Å². The third-order valence-electron chi connectivity index (χ3n) is 7.21. The highest BCUT2D eigenvalue weighted by molar-refractivity contribution is 7.89. The molecular weight excluding hydrogens is 510 g/mol. The number of sulfonamides is 1. The van der Waals surface area contributed by atoms with E-state index in [1.54, 1.807) is 24.3 Å². The highest BCUT2D eigenvalue weighted by Gasteiger charge is 2.30. The average molecular weight is 550 g/mol. The smallest absolute Gasteiger partial charge is 0.246 e. The largest absolute Gasteiger partial charge is 0.370 e. The Bertz CT molecular complexity index is 1100. The number of hydrogen-bond acceptors (Lipinski definition) is 5. The van der Waals surface area contributed by atoms with E-state index in [1.165, 1.54) is 16.9 Å². The molecule has 2 aromatic rings. The van der Waals surface area contributed by atoms with Crippen LogP contribution >= 0.6 is 11.6 Å². The molecule has 0 radical (unpaired) electrons. The number of benzene rings is 2. The third-order valence-corrected chi connectivity index (χ3v) is 9.33. The topological polar surface area (TPSA) is 78.9 Å². The van der Waals surface area contributed by atoms with Gasteiger partial charge in [-0.3, -0.25) is 4.79 Å². The molecule has 0 saturated heterocycles. The van der Waals surface area contributed by atoms with E-state index in [2.05, 4.69) is 36.4 Å². The zero-order chi connectivity index (χ0) is 27.0. The van der Waals surface area contributed by atoms with Crippen molar-refractivity contribution in [3.8, 4) is 0 Å². The molecule has 0 aliphatic heterocycles. The fourth-order valence-electron chi connectivity index (χ4n) is 5.04. The van der Waals surface area contributed by atoms with Crippen molar-refractivity contribution >= 4 is 27.5 Å². The van der Waals surface area contributed by atoms with Crippen LogP contribution in [0, 0.1) is 18.8 Å². The van der Waals surface area contributed by atoms with Gasteiger partial charge in [-0.2, -0.15) is 4.31 Å². The Morgan fingerprint density at radius 1 is 1.03 bits per heavy atom. The zero-order valence-electron chi connectivity index (χ0n) is 22.3. The molecular formula is C28H40ClN3O4S. The van der Waals surface area contributed by atoms with Crippen molar-refractivity contribution in [3.05, 3.63) is 64.7 Å². The van der Waals surface area contributed by atoms with Crippen LogP contribution in [0.5, 0.6) is 0 Å². The van der Waals surface area contributed by atoms with E-state index in [4.69, 9.17) is 16.3 Å². The molecule has 1 N–H and O–H groups in total. The lowest BCUT2D eigenvalue weighted by atomic mass is 9.76. The number of halogens is 1. The van der Waals surface area contributed by atoms with Crippen LogP contribution in [0.3, 0.4) is 0 Å². The van der Waals surface area contributed by atoms with Gasteiger partial charge in [0.1, 0.15) is 6.61 Å². The van der Waals surface area contributed by atoms with Crippen LogP contribution < -0.4 is 5.32 Å². The lowest BCUT2D eigenvalue weighted by molar-refractivity contribution is -0.126. The summed E-state index contributed by atoms with van der Waals surface area (Å²) in [6.45, 7) is 2.80. The molecule has 0 heterocycles. The summed E-state index contributed by atoms with van der Waals surface area (Å²) in [7, 11) is 2.20. The second kappa shape index (κ2) is 13.7. The molecule has 2 aromatic carbocycles. The number of likely N-dealkylation sites (N-methyl/N-ethyl adjacent to an activating group) is 1. The summed E-state index contributed by atoms with van der Waals surface area (Å²) in [6.07, 6.45) is 4.38. The van der Waals surface area contributed by atoms with Crippen molar-refractivity contribution < 1.29 is 17.9 Å². The minimum absolute atomic E-state index is 0.0764. The molecule has 1 atom stereocenters. The Hall–Kier alpha value is -1.97. The summed E-state index contributed by atoms with van der Waals surface area (Å²) < 4.78 is 32.0. The van der Waals surface area contributed by atoms with Gasteiger partial charge in [-0.05, 0) is 88.4 Å². The van der Waals surface area contributed by atoms with Gasteiger partial charge < -0.3 is 15.0 Å². The van der Waals surface area contributed by atoms with Gasteiger partial charge in [0.2, 0.25) is 15.9 Å². The molecule has 0 aromatic heterocycles. The van der Waals surface area contributed by atoms with Gasteiger partial charge in [0, 0.05) is 31.2 Å². The zero-order valence-corrected chi connectivity index (χ0v) is 23.9. The van der Waals surface area contributed by atoms with Crippen LogP contribution in [0.25, 0.3) is 0 Å². The first kappa shape index (κ1) is 29.6. The monoisotopic (exact) mass is 549 g/mol. The molecule has 0 bridgehead atoms. The Labute approximate surface area is 227 Å². The first-order chi connectivity index (χ1) is 17.6. The highest BCUT2D eigenvalue weighted by atomic mass is 35.5. The standard InChI is InChI=1S/C28H40ClN3O4S/c1-21-5-15-26(16-6-21)37(34,35)32(4)17-18-36-20-27(33)30-19-22-7-9-23(10-8-22)28(31(2)3)24-11-13-25(29)14-12-24/h5-6,11-16,22-23,28H,7-10,17-20H2,1-4H3,(H,30,33). The fraction of sp³-hybridized carbons (Fsp3) is 0.536. The maximum atomic E-state index is 12.6. The second-order valence-corrected chi connectivity index (χ2v) is 12.7. The predicted molar refractivity (Wildman–Crippen MR) is 148 cm³/mol. The molecule has 1 saturated carbocycles. The van der Waals surface area contributed by atoms with E-state index in [0.29, 0.717) is 24.4 Å². The third kappa shape index (κ3) is 8.52. The molecule has 3 rings (SSSR count).